The average molecular weight is 208 g/mol. The van der Waals surface area contributed by atoms with Gasteiger partial charge in [0.15, 0.2) is 0 Å². The fourth-order valence-corrected chi connectivity index (χ4v) is 2.49. The van der Waals surface area contributed by atoms with Crippen LogP contribution in [0.4, 0.5) is 0 Å². The van der Waals surface area contributed by atoms with Gasteiger partial charge in [-0.3, -0.25) is 4.68 Å². The summed E-state index contributed by atoms with van der Waals surface area (Å²) in [4.78, 5) is 4.38. The van der Waals surface area contributed by atoms with Gasteiger partial charge in [0.1, 0.15) is 12.2 Å². The molecule has 4 heteroatoms. The van der Waals surface area contributed by atoms with Gasteiger partial charge < -0.3 is 5.73 Å². The molecule has 0 atom stereocenters. The Morgan fingerprint density at radius 1 is 1.40 bits per heavy atom. The van der Waals surface area contributed by atoms with Crippen LogP contribution >= 0.6 is 0 Å². The molecule has 1 saturated carbocycles. The van der Waals surface area contributed by atoms with E-state index < -0.39 is 0 Å². The van der Waals surface area contributed by atoms with E-state index in [4.69, 9.17) is 5.73 Å². The van der Waals surface area contributed by atoms with Gasteiger partial charge >= 0.3 is 0 Å². The summed E-state index contributed by atoms with van der Waals surface area (Å²) in [5.41, 5.74) is 5.69. The van der Waals surface area contributed by atoms with Gasteiger partial charge in [-0.05, 0) is 45.1 Å². The van der Waals surface area contributed by atoms with Gasteiger partial charge in [0.05, 0.1) is 0 Å². The fraction of sp³-hybridized carbons (Fsp3) is 0.818. The van der Waals surface area contributed by atoms with Crippen LogP contribution in [0.25, 0.3) is 0 Å². The van der Waals surface area contributed by atoms with Crippen LogP contribution in [-0.4, -0.2) is 21.3 Å². The lowest BCUT2D eigenvalue weighted by atomic mass is 9.81. The smallest absolute Gasteiger partial charge is 0.138 e. The van der Waals surface area contributed by atoms with E-state index in [1.54, 1.807) is 6.33 Å². The average Bonchev–Trinajstić information content (AvgIpc) is 2.77. The monoisotopic (exact) mass is 208 g/mol. The Morgan fingerprint density at radius 3 is 2.73 bits per heavy atom. The summed E-state index contributed by atoms with van der Waals surface area (Å²) in [6, 6.07) is 0. The van der Waals surface area contributed by atoms with Crippen molar-refractivity contribution in [1.29, 1.82) is 0 Å². The van der Waals surface area contributed by atoms with Crippen LogP contribution in [0, 0.1) is 5.92 Å². The lowest BCUT2D eigenvalue weighted by Gasteiger charge is -2.27. The second kappa shape index (κ2) is 4.75. The predicted octanol–water partition coefficient (Wildman–Crippen LogP) is 1.53. The summed E-state index contributed by atoms with van der Waals surface area (Å²) >= 11 is 0. The minimum Gasteiger partial charge on any atom is -0.330 e. The molecule has 1 fully saturated rings. The highest BCUT2D eigenvalue weighted by atomic mass is 15.3. The van der Waals surface area contributed by atoms with Gasteiger partial charge in [-0.2, -0.15) is 5.10 Å². The maximum atomic E-state index is 5.69. The maximum Gasteiger partial charge on any atom is 0.138 e. The first-order valence-electron chi connectivity index (χ1n) is 5.93. The van der Waals surface area contributed by atoms with E-state index in [1.165, 1.54) is 31.5 Å². The zero-order chi connectivity index (χ0) is 10.7. The second-order valence-electron chi connectivity index (χ2n) is 4.39. The Kier molecular flexibility index (Phi) is 3.36. The molecule has 1 heterocycles. The molecule has 0 aromatic carbocycles. The molecular formula is C11H20N4. The van der Waals surface area contributed by atoms with E-state index in [1.807, 2.05) is 4.68 Å². The number of nitrogens with two attached hydrogens (primary N) is 1. The highest BCUT2D eigenvalue weighted by Crippen LogP contribution is 2.34. The third-order valence-corrected chi connectivity index (χ3v) is 3.49. The molecule has 0 unspecified atom stereocenters. The van der Waals surface area contributed by atoms with Crippen molar-refractivity contribution in [2.24, 2.45) is 11.7 Å². The highest BCUT2D eigenvalue weighted by Gasteiger charge is 2.24. The predicted molar refractivity (Wildman–Crippen MR) is 59.4 cm³/mol. The number of aromatic nitrogens is 3. The van der Waals surface area contributed by atoms with E-state index >= 15 is 0 Å². The van der Waals surface area contributed by atoms with Crippen LogP contribution < -0.4 is 5.73 Å². The maximum absolute atomic E-state index is 5.69. The summed E-state index contributed by atoms with van der Waals surface area (Å²) in [7, 11) is 0. The van der Waals surface area contributed by atoms with Gasteiger partial charge in [0.2, 0.25) is 0 Å². The summed E-state index contributed by atoms with van der Waals surface area (Å²) in [6.07, 6.45) is 6.62. The van der Waals surface area contributed by atoms with E-state index in [9.17, 15) is 0 Å². The molecule has 15 heavy (non-hydrogen) atoms. The normalized spacial score (nSPS) is 26.8. The van der Waals surface area contributed by atoms with E-state index in [-0.39, 0.29) is 0 Å². The van der Waals surface area contributed by atoms with E-state index in [0.717, 1.165) is 19.0 Å². The minimum atomic E-state index is 0.607. The number of rotatable bonds is 3. The molecular weight excluding hydrogens is 188 g/mol. The second-order valence-corrected chi connectivity index (χ2v) is 4.39. The van der Waals surface area contributed by atoms with Crippen molar-refractivity contribution < 1.29 is 0 Å². The molecule has 1 aromatic heterocycles. The SMILES string of the molecule is CCn1ncnc1C1CCC(CN)CC1. The molecule has 2 rings (SSSR count). The van der Waals surface area contributed by atoms with Crippen LogP contribution in [0.15, 0.2) is 6.33 Å². The van der Waals surface area contributed by atoms with Crippen molar-refractivity contribution in [3.63, 3.8) is 0 Å². The number of hydrogen-bond acceptors (Lipinski definition) is 3. The molecule has 84 valence electrons. The molecule has 1 aliphatic rings. The van der Waals surface area contributed by atoms with Gasteiger partial charge in [-0.1, -0.05) is 0 Å². The van der Waals surface area contributed by atoms with Crippen molar-refractivity contribution in [1.82, 2.24) is 14.8 Å². The first-order chi connectivity index (χ1) is 7.35. The summed E-state index contributed by atoms with van der Waals surface area (Å²) < 4.78 is 2.02. The standard InChI is InChI=1S/C11H20N4/c1-2-15-11(13-8-14-15)10-5-3-9(7-12)4-6-10/h8-10H,2-7,12H2,1H3. The molecule has 0 amide bonds. The molecule has 4 nitrogen and oxygen atoms in total. The van der Waals surface area contributed by atoms with Gasteiger partial charge in [-0.25, -0.2) is 4.98 Å². The van der Waals surface area contributed by atoms with Crippen LogP contribution in [0.1, 0.15) is 44.3 Å². The lowest BCUT2D eigenvalue weighted by Crippen LogP contribution is -2.22. The molecule has 0 radical (unpaired) electrons. The topological polar surface area (TPSA) is 56.7 Å². The van der Waals surface area contributed by atoms with Crippen LogP contribution in [0.3, 0.4) is 0 Å². The van der Waals surface area contributed by atoms with Gasteiger partial charge in [0.25, 0.3) is 0 Å². The van der Waals surface area contributed by atoms with Crippen molar-refractivity contribution in [3.8, 4) is 0 Å². The zero-order valence-corrected chi connectivity index (χ0v) is 9.39. The molecule has 0 spiro atoms. The Bertz CT molecular complexity index is 299. The van der Waals surface area contributed by atoms with Crippen molar-refractivity contribution in [2.75, 3.05) is 6.54 Å². The zero-order valence-electron chi connectivity index (χ0n) is 9.39. The Balaban J connectivity index is 2.01. The summed E-state index contributed by atoms with van der Waals surface area (Å²) in [5, 5.41) is 4.23. The number of hydrogen-bond donors (Lipinski definition) is 1. The largest absolute Gasteiger partial charge is 0.330 e. The third-order valence-electron chi connectivity index (χ3n) is 3.49. The van der Waals surface area contributed by atoms with Gasteiger partial charge in [-0.15, -0.1) is 0 Å². The molecule has 0 aliphatic heterocycles. The first-order valence-corrected chi connectivity index (χ1v) is 5.93. The van der Waals surface area contributed by atoms with Crippen LogP contribution in [0.2, 0.25) is 0 Å². The Hall–Kier alpha value is -0.900. The molecule has 0 bridgehead atoms. The Labute approximate surface area is 90.9 Å². The van der Waals surface area contributed by atoms with E-state index in [0.29, 0.717) is 5.92 Å². The third kappa shape index (κ3) is 2.20. The lowest BCUT2D eigenvalue weighted by molar-refractivity contribution is 0.318. The Morgan fingerprint density at radius 2 is 2.13 bits per heavy atom. The number of aryl methyl sites for hydroxylation is 1. The van der Waals surface area contributed by atoms with E-state index in [2.05, 4.69) is 17.0 Å². The summed E-state index contributed by atoms with van der Waals surface area (Å²) in [5.74, 6) is 2.52. The van der Waals surface area contributed by atoms with Gasteiger partial charge in [0, 0.05) is 12.5 Å². The first kappa shape index (κ1) is 10.6. The summed E-state index contributed by atoms with van der Waals surface area (Å²) in [6.45, 7) is 3.88. The van der Waals surface area contributed by atoms with Crippen LogP contribution in [0.5, 0.6) is 0 Å². The fourth-order valence-electron chi connectivity index (χ4n) is 2.49. The molecule has 1 aliphatic carbocycles. The quantitative estimate of drug-likeness (QED) is 0.819. The molecule has 2 N–H and O–H groups in total. The van der Waals surface area contributed by atoms with Crippen molar-refractivity contribution in [2.45, 2.75) is 45.1 Å². The minimum absolute atomic E-state index is 0.607. The van der Waals surface area contributed by atoms with Crippen molar-refractivity contribution in [3.05, 3.63) is 12.2 Å². The highest BCUT2D eigenvalue weighted by molar-refractivity contribution is 4.98. The molecule has 0 saturated heterocycles. The molecule has 1 aromatic rings. The van der Waals surface area contributed by atoms with Crippen molar-refractivity contribution >= 4 is 0 Å². The number of nitrogens with zero attached hydrogens (tertiary/aromatic N) is 3. The van der Waals surface area contributed by atoms with Crippen LogP contribution in [-0.2, 0) is 6.54 Å².